The lowest BCUT2D eigenvalue weighted by atomic mass is 10.1. The van der Waals surface area contributed by atoms with Gasteiger partial charge in [-0.25, -0.2) is 4.98 Å². The molecule has 0 amide bonds. The third-order valence-electron chi connectivity index (χ3n) is 3.93. The molecule has 0 aromatic carbocycles. The minimum atomic E-state index is -0.152. The van der Waals surface area contributed by atoms with Crippen LogP contribution in [0, 0.1) is 5.41 Å². The number of rotatable bonds is 6. The summed E-state index contributed by atoms with van der Waals surface area (Å²) in [6.45, 7) is 0. The summed E-state index contributed by atoms with van der Waals surface area (Å²) in [5.74, 6) is 1.93. The monoisotopic (exact) mass is 294 g/mol. The number of hydrogen-bond donors (Lipinski definition) is 1. The number of H-pyrrole nitrogens is 1. The minimum absolute atomic E-state index is 0.0573. The van der Waals surface area contributed by atoms with Crippen LogP contribution in [0.15, 0.2) is 15.9 Å². The smallest absolute Gasteiger partial charge is 0.306 e. The van der Waals surface area contributed by atoms with Crippen LogP contribution < -0.4 is 5.56 Å². The molecule has 0 unspecified atom stereocenters. The topological polar surface area (TPSA) is 72.1 Å². The fourth-order valence-electron chi connectivity index (χ4n) is 2.23. The Morgan fingerprint density at radius 3 is 2.90 bits per heavy atom. The third kappa shape index (κ3) is 3.23. The highest BCUT2D eigenvalue weighted by atomic mass is 32.2. The highest BCUT2D eigenvalue weighted by Gasteiger charge is 2.44. The maximum atomic E-state index is 11.6. The van der Waals surface area contributed by atoms with E-state index in [1.807, 2.05) is 0 Å². The fourth-order valence-corrected chi connectivity index (χ4v) is 3.43. The number of nitrogens with one attached hydrogen (secondary N) is 1. The highest BCUT2D eigenvalue weighted by Crippen LogP contribution is 2.52. The lowest BCUT2D eigenvalue weighted by molar-refractivity contribution is -0.141. The van der Waals surface area contributed by atoms with Gasteiger partial charge in [-0.15, -0.1) is 11.8 Å². The SMILES string of the molecule is COC(=O)CC1(CSc2cc(=O)[nH]c(C3CC3)n2)CC1. The number of thioether (sulfide) groups is 1. The molecule has 0 aliphatic heterocycles. The van der Waals surface area contributed by atoms with Gasteiger partial charge in [0, 0.05) is 17.7 Å². The molecule has 0 spiro atoms. The van der Waals surface area contributed by atoms with E-state index in [1.54, 1.807) is 17.8 Å². The second kappa shape index (κ2) is 5.24. The molecule has 1 aromatic heterocycles. The number of carbonyl (C=O) groups excluding carboxylic acids is 1. The molecule has 2 saturated carbocycles. The number of nitrogens with zero attached hydrogens (tertiary/aromatic N) is 1. The molecule has 0 atom stereocenters. The van der Waals surface area contributed by atoms with Crippen LogP contribution in [0.5, 0.6) is 0 Å². The van der Waals surface area contributed by atoms with Crippen molar-refractivity contribution in [2.24, 2.45) is 5.41 Å². The van der Waals surface area contributed by atoms with Crippen molar-refractivity contribution in [1.82, 2.24) is 9.97 Å². The molecule has 1 heterocycles. The summed E-state index contributed by atoms with van der Waals surface area (Å²) in [7, 11) is 1.42. The van der Waals surface area contributed by atoms with Gasteiger partial charge in [0.2, 0.25) is 0 Å². The summed E-state index contributed by atoms with van der Waals surface area (Å²) < 4.78 is 4.74. The third-order valence-corrected chi connectivity index (χ3v) is 5.19. The molecule has 3 rings (SSSR count). The van der Waals surface area contributed by atoms with Gasteiger partial charge in [-0.1, -0.05) is 0 Å². The quantitative estimate of drug-likeness (QED) is 0.494. The minimum Gasteiger partial charge on any atom is -0.469 e. The molecule has 5 nitrogen and oxygen atoms in total. The van der Waals surface area contributed by atoms with E-state index in [0.29, 0.717) is 12.3 Å². The summed E-state index contributed by atoms with van der Waals surface area (Å²) >= 11 is 1.58. The first-order valence-electron chi connectivity index (χ1n) is 6.91. The van der Waals surface area contributed by atoms with E-state index in [4.69, 9.17) is 4.74 Å². The van der Waals surface area contributed by atoms with Crippen LogP contribution in [0.1, 0.15) is 43.8 Å². The molecule has 0 saturated heterocycles. The van der Waals surface area contributed by atoms with Gasteiger partial charge >= 0.3 is 5.97 Å². The molecule has 2 aliphatic carbocycles. The van der Waals surface area contributed by atoms with Crippen molar-refractivity contribution in [1.29, 1.82) is 0 Å². The number of carbonyl (C=O) groups is 1. The maximum absolute atomic E-state index is 11.6. The largest absolute Gasteiger partial charge is 0.469 e. The number of esters is 1. The predicted octanol–water partition coefficient (Wildman–Crippen LogP) is 2.08. The summed E-state index contributed by atoms with van der Waals surface area (Å²) in [6.07, 6.45) is 4.80. The molecule has 6 heteroatoms. The van der Waals surface area contributed by atoms with Gasteiger partial charge < -0.3 is 9.72 Å². The molecule has 20 heavy (non-hydrogen) atoms. The molecule has 2 fully saturated rings. The van der Waals surface area contributed by atoms with E-state index in [2.05, 4.69) is 9.97 Å². The average Bonchev–Trinajstić information content (AvgIpc) is 3.31. The number of aromatic amines is 1. The van der Waals surface area contributed by atoms with Crippen LogP contribution in [0.4, 0.5) is 0 Å². The maximum Gasteiger partial charge on any atom is 0.306 e. The van der Waals surface area contributed by atoms with Crippen molar-refractivity contribution in [3.05, 3.63) is 22.2 Å². The first-order valence-corrected chi connectivity index (χ1v) is 7.90. The van der Waals surface area contributed by atoms with E-state index in [0.717, 1.165) is 42.3 Å². The Bertz CT molecular complexity index is 576. The van der Waals surface area contributed by atoms with Crippen molar-refractivity contribution >= 4 is 17.7 Å². The van der Waals surface area contributed by atoms with Crippen LogP contribution in [0.2, 0.25) is 0 Å². The Balaban J connectivity index is 1.63. The van der Waals surface area contributed by atoms with Crippen LogP contribution >= 0.6 is 11.8 Å². The highest BCUT2D eigenvalue weighted by molar-refractivity contribution is 7.99. The molecular weight excluding hydrogens is 276 g/mol. The standard InChI is InChI=1S/C14H18N2O3S/c1-19-12(18)7-14(4-5-14)8-20-11-6-10(17)15-13(16-11)9-2-3-9/h6,9H,2-5,7-8H2,1H3,(H,15,16,17). The van der Waals surface area contributed by atoms with Crippen LogP contribution in [0.25, 0.3) is 0 Å². The average molecular weight is 294 g/mol. The second-order valence-electron chi connectivity index (χ2n) is 5.78. The van der Waals surface area contributed by atoms with E-state index in [-0.39, 0.29) is 16.9 Å². The first-order chi connectivity index (χ1) is 9.60. The van der Waals surface area contributed by atoms with Crippen LogP contribution in [-0.2, 0) is 9.53 Å². The van der Waals surface area contributed by atoms with E-state index >= 15 is 0 Å². The number of hydrogen-bond acceptors (Lipinski definition) is 5. The number of methoxy groups -OCH3 is 1. The Labute approximate surface area is 121 Å². The zero-order chi connectivity index (χ0) is 14.2. The number of aromatic nitrogens is 2. The second-order valence-corrected chi connectivity index (χ2v) is 6.78. The Morgan fingerprint density at radius 1 is 1.55 bits per heavy atom. The van der Waals surface area contributed by atoms with Gasteiger partial charge in [0.15, 0.2) is 0 Å². The van der Waals surface area contributed by atoms with Gasteiger partial charge in [0.1, 0.15) is 10.9 Å². The molecule has 108 valence electrons. The summed E-state index contributed by atoms with van der Waals surface area (Å²) in [5, 5.41) is 0.770. The Kier molecular flexibility index (Phi) is 3.58. The van der Waals surface area contributed by atoms with Gasteiger partial charge in [-0.2, -0.15) is 0 Å². The van der Waals surface area contributed by atoms with Gasteiger partial charge in [-0.05, 0) is 31.1 Å². The molecule has 1 aromatic rings. The van der Waals surface area contributed by atoms with Crippen molar-refractivity contribution in [2.45, 2.75) is 43.0 Å². The van der Waals surface area contributed by atoms with E-state index in [1.165, 1.54) is 7.11 Å². The lowest BCUT2D eigenvalue weighted by Crippen LogP contribution is -2.14. The molecule has 2 aliphatic rings. The zero-order valence-corrected chi connectivity index (χ0v) is 12.3. The summed E-state index contributed by atoms with van der Waals surface area (Å²) in [4.78, 5) is 30.3. The van der Waals surface area contributed by atoms with Crippen molar-refractivity contribution in [2.75, 3.05) is 12.9 Å². The van der Waals surface area contributed by atoms with Crippen LogP contribution in [-0.4, -0.2) is 28.8 Å². The zero-order valence-electron chi connectivity index (χ0n) is 11.5. The summed E-state index contributed by atoms with van der Waals surface area (Å²) in [5.41, 5.74) is -0.0240. The predicted molar refractivity (Wildman–Crippen MR) is 75.9 cm³/mol. The van der Waals surface area contributed by atoms with Crippen molar-refractivity contribution in [3.8, 4) is 0 Å². The molecule has 1 N–H and O–H groups in total. The summed E-state index contributed by atoms with van der Waals surface area (Å²) in [6, 6.07) is 1.55. The number of ether oxygens (including phenoxy) is 1. The first kappa shape index (κ1) is 13.7. The molecule has 0 bridgehead atoms. The lowest BCUT2D eigenvalue weighted by Gasteiger charge is -2.12. The molecular formula is C14H18N2O3S. The van der Waals surface area contributed by atoms with Gasteiger partial charge in [-0.3, -0.25) is 9.59 Å². The van der Waals surface area contributed by atoms with Crippen molar-refractivity contribution < 1.29 is 9.53 Å². The molecule has 0 radical (unpaired) electrons. The fraction of sp³-hybridized carbons (Fsp3) is 0.643. The van der Waals surface area contributed by atoms with Crippen LogP contribution in [0.3, 0.4) is 0 Å². The normalized spacial score (nSPS) is 19.6. The van der Waals surface area contributed by atoms with E-state index < -0.39 is 0 Å². The Hall–Kier alpha value is -1.30. The van der Waals surface area contributed by atoms with Gasteiger partial charge in [0.25, 0.3) is 5.56 Å². The van der Waals surface area contributed by atoms with E-state index in [9.17, 15) is 9.59 Å². The van der Waals surface area contributed by atoms with Crippen molar-refractivity contribution in [3.63, 3.8) is 0 Å². The Morgan fingerprint density at radius 2 is 2.30 bits per heavy atom. The van der Waals surface area contributed by atoms with Gasteiger partial charge in [0.05, 0.1) is 13.5 Å².